The van der Waals surface area contributed by atoms with Crippen LogP contribution in [0.25, 0.3) is 0 Å². The molecule has 1 aliphatic heterocycles. The Morgan fingerprint density at radius 2 is 2.05 bits per heavy atom. The van der Waals surface area contributed by atoms with E-state index in [1.54, 1.807) is 31.3 Å². The summed E-state index contributed by atoms with van der Waals surface area (Å²) in [7, 11) is 1.59. The summed E-state index contributed by atoms with van der Waals surface area (Å²) < 4.78 is 0. The minimum Gasteiger partial charge on any atom is -0.399 e. The monoisotopic (exact) mass is 290 g/mol. The molecule has 112 valence electrons. The average Bonchev–Trinajstić information content (AvgIpc) is 2.41. The summed E-state index contributed by atoms with van der Waals surface area (Å²) in [5, 5.41) is 2.70. The molecule has 2 rings (SSSR count). The third-order valence-electron chi connectivity index (χ3n) is 3.26. The van der Waals surface area contributed by atoms with Gasteiger partial charge < -0.3 is 20.9 Å². The van der Waals surface area contributed by atoms with Crippen molar-refractivity contribution in [3.63, 3.8) is 0 Å². The van der Waals surface area contributed by atoms with Crippen molar-refractivity contribution in [3.8, 4) is 0 Å². The third kappa shape index (κ3) is 3.95. The fourth-order valence-electron chi connectivity index (χ4n) is 2.04. The van der Waals surface area contributed by atoms with E-state index in [0.717, 1.165) is 0 Å². The van der Waals surface area contributed by atoms with Crippen LogP contribution in [0.15, 0.2) is 24.3 Å². The Bertz CT molecular complexity index is 573. The van der Waals surface area contributed by atoms with Gasteiger partial charge in [-0.1, -0.05) is 6.07 Å². The zero-order valence-corrected chi connectivity index (χ0v) is 11.8. The standard InChI is InChI=1S/C14H18N4O3/c1-17-8-14(21)18(9-13(17)20)6-5-12(19)16-11-4-2-3-10(15)7-11/h2-4,7H,5-6,8-9,15H2,1H3,(H,16,19). The molecule has 3 amide bonds. The number of nitrogens with zero attached hydrogens (tertiary/aromatic N) is 2. The first-order valence-electron chi connectivity index (χ1n) is 6.63. The average molecular weight is 290 g/mol. The van der Waals surface area contributed by atoms with Crippen LogP contribution in [-0.4, -0.2) is 54.2 Å². The number of carbonyl (C=O) groups excluding carboxylic acids is 3. The number of amides is 3. The van der Waals surface area contributed by atoms with Crippen LogP contribution >= 0.6 is 0 Å². The summed E-state index contributed by atoms with van der Waals surface area (Å²) in [6.45, 7) is 0.323. The van der Waals surface area contributed by atoms with E-state index in [2.05, 4.69) is 5.32 Å². The highest BCUT2D eigenvalue weighted by Gasteiger charge is 2.27. The lowest BCUT2D eigenvalue weighted by molar-refractivity contribution is -0.149. The maximum absolute atomic E-state index is 11.8. The first kappa shape index (κ1) is 14.8. The number of nitrogen functional groups attached to an aromatic ring is 1. The van der Waals surface area contributed by atoms with Gasteiger partial charge in [0, 0.05) is 31.4 Å². The fourth-order valence-corrected chi connectivity index (χ4v) is 2.04. The second kappa shape index (κ2) is 6.25. The number of likely N-dealkylation sites (N-methyl/N-ethyl adjacent to an activating group) is 1. The van der Waals surface area contributed by atoms with Crippen LogP contribution < -0.4 is 11.1 Å². The van der Waals surface area contributed by atoms with Crippen LogP contribution in [0.4, 0.5) is 11.4 Å². The van der Waals surface area contributed by atoms with Gasteiger partial charge in [-0.3, -0.25) is 14.4 Å². The van der Waals surface area contributed by atoms with E-state index in [4.69, 9.17) is 5.73 Å². The normalized spacial score (nSPS) is 15.3. The van der Waals surface area contributed by atoms with E-state index in [0.29, 0.717) is 11.4 Å². The first-order valence-corrected chi connectivity index (χ1v) is 6.63. The molecule has 1 saturated heterocycles. The van der Waals surface area contributed by atoms with Crippen molar-refractivity contribution in [2.45, 2.75) is 6.42 Å². The predicted molar refractivity (Wildman–Crippen MR) is 78.3 cm³/mol. The summed E-state index contributed by atoms with van der Waals surface area (Å²) in [5.41, 5.74) is 6.80. The zero-order chi connectivity index (χ0) is 15.4. The van der Waals surface area contributed by atoms with Gasteiger partial charge in [0.2, 0.25) is 17.7 Å². The Balaban J connectivity index is 1.84. The molecule has 3 N–H and O–H groups in total. The molecule has 0 unspecified atom stereocenters. The first-order chi connectivity index (χ1) is 9.95. The molecule has 7 heteroatoms. The fraction of sp³-hybridized carbons (Fsp3) is 0.357. The lowest BCUT2D eigenvalue weighted by Gasteiger charge is -2.31. The highest BCUT2D eigenvalue weighted by atomic mass is 16.2. The number of benzene rings is 1. The zero-order valence-electron chi connectivity index (χ0n) is 11.8. The summed E-state index contributed by atoms with van der Waals surface area (Å²) in [6, 6.07) is 6.86. The predicted octanol–water partition coefficient (Wildman–Crippen LogP) is -0.102. The summed E-state index contributed by atoms with van der Waals surface area (Å²) in [4.78, 5) is 37.9. The van der Waals surface area contributed by atoms with Gasteiger partial charge in [0.25, 0.3) is 0 Å². The molecule has 1 aromatic rings. The number of nitrogens with one attached hydrogen (secondary N) is 1. The van der Waals surface area contributed by atoms with Crippen molar-refractivity contribution in [2.24, 2.45) is 0 Å². The number of rotatable bonds is 4. The molecule has 1 aliphatic rings. The molecule has 7 nitrogen and oxygen atoms in total. The van der Waals surface area contributed by atoms with Crippen molar-refractivity contribution in [1.82, 2.24) is 9.80 Å². The summed E-state index contributed by atoms with van der Waals surface area (Å²) in [6.07, 6.45) is 0.136. The number of piperazine rings is 1. The van der Waals surface area contributed by atoms with Crippen molar-refractivity contribution >= 4 is 29.1 Å². The molecular weight excluding hydrogens is 272 g/mol. The summed E-state index contributed by atoms with van der Waals surface area (Å²) in [5.74, 6) is -0.487. The lowest BCUT2D eigenvalue weighted by Crippen LogP contribution is -2.52. The minimum absolute atomic E-state index is 0.0287. The van der Waals surface area contributed by atoms with Gasteiger partial charge in [-0.2, -0.15) is 0 Å². The molecular formula is C14H18N4O3. The van der Waals surface area contributed by atoms with E-state index in [-0.39, 0.29) is 43.8 Å². The quantitative estimate of drug-likeness (QED) is 0.757. The Labute approximate surface area is 122 Å². The van der Waals surface area contributed by atoms with E-state index in [1.807, 2.05) is 0 Å². The van der Waals surface area contributed by atoms with Crippen LogP contribution in [0.3, 0.4) is 0 Å². The number of hydrogen-bond donors (Lipinski definition) is 2. The Kier molecular flexibility index (Phi) is 4.42. The molecule has 1 aromatic carbocycles. The van der Waals surface area contributed by atoms with E-state index in [1.165, 1.54) is 9.80 Å². The van der Waals surface area contributed by atoms with Crippen molar-refractivity contribution in [2.75, 3.05) is 37.7 Å². The third-order valence-corrected chi connectivity index (χ3v) is 3.26. The number of hydrogen-bond acceptors (Lipinski definition) is 4. The van der Waals surface area contributed by atoms with E-state index < -0.39 is 0 Å². The van der Waals surface area contributed by atoms with Gasteiger partial charge in [0.05, 0.1) is 13.1 Å². The highest BCUT2D eigenvalue weighted by Crippen LogP contribution is 2.12. The van der Waals surface area contributed by atoms with Gasteiger partial charge in [-0.05, 0) is 18.2 Å². The largest absolute Gasteiger partial charge is 0.399 e. The summed E-state index contributed by atoms with van der Waals surface area (Å²) >= 11 is 0. The smallest absolute Gasteiger partial charge is 0.242 e. The molecule has 21 heavy (non-hydrogen) atoms. The van der Waals surface area contributed by atoms with Gasteiger partial charge in [-0.25, -0.2) is 0 Å². The van der Waals surface area contributed by atoms with Crippen LogP contribution in [0, 0.1) is 0 Å². The van der Waals surface area contributed by atoms with Crippen molar-refractivity contribution in [1.29, 1.82) is 0 Å². The molecule has 0 saturated carbocycles. The van der Waals surface area contributed by atoms with Crippen LogP contribution in [-0.2, 0) is 14.4 Å². The van der Waals surface area contributed by atoms with Gasteiger partial charge in [0.15, 0.2) is 0 Å². The molecule has 0 radical (unpaired) electrons. The van der Waals surface area contributed by atoms with Gasteiger partial charge in [-0.15, -0.1) is 0 Å². The van der Waals surface area contributed by atoms with Crippen molar-refractivity contribution < 1.29 is 14.4 Å². The van der Waals surface area contributed by atoms with Gasteiger partial charge >= 0.3 is 0 Å². The van der Waals surface area contributed by atoms with Crippen LogP contribution in [0.1, 0.15) is 6.42 Å². The molecule has 0 bridgehead atoms. The van der Waals surface area contributed by atoms with Gasteiger partial charge in [0.1, 0.15) is 0 Å². The van der Waals surface area contributed by atoms with Crippen molar-refractivity contribution in [3.05, 3.63) is 24.3 Å². The molecule has 1 heterocycles. The Morgan fingerprint density at radius 3 is 2.76 bits per heavy atom. The molecule has 0 aromatic heterocycles. The lowest BCUT2D eigenvalue weighted by atomic mass is 10.2. The maximum Gasteiger partial charge on any atom is 0.242 e. The molecule has 0 atom stereocenters. The van der Waals surface area contributed by atoms with Crippen LogP contribution in [0.2, 0.25) is 0 Å². The highest BCUT2D eigenvalue weighted by molar-refractivity contribution is 5.94. The topological polar surface area (TPSA) is 95.7 Å². The SMILES string of the molecule is CN1CC(=O)N(CCC(=O)Nc2cccc(N)c2)CC1=O. The molecule has 0 spiro atoms. The van der Waals surface area contributed by atoms with E-state index in [9.17, 15) is 14.4 Å². The maximum atomic E-state index is 11.8. The minimum atomic E-state index is -0.222. The molecule has 0 aliphatic carbocycles. The number of nitrogens with two attached hydrogens (primary N) is 1. The number of anilines is 2. The Hall–Kier alpha value is -2.57. The second-order valence-electron chi connectivity index (χ2n) is 4.99. The van der Waals surface area contributed by atoms with E-state index >= 15 is 0 Å². The number of carbonyl (C=O) groups is 3. The molecule has 1 fully saturated rings. The van der Waals surface area contributed by atoms with Crippen LogP contribution in [0.5, 0.6) is 0 Å². The second-order valence-corrected chi connectivity index (χ2v) is 4.99. The Morgan fingerprint density at radius 1 is 1.29 bits per heavy atom.